The summed E-state index contributed by atoms with van der Waals surface area (Å²) in [7, 11) is 1.84. The van der Waals surface area contributed by atoms with E-state index >= 15 is 0 Å². The molecule has 0 radical (unpaired) electrons. The van der Waals surface area contributed by atoms with Gasteiger partial charge < -0.3 is 19.6 Å². The molecular weight excluding hydrogens is 488 g/mol. The summed E-state index contributed by atoms with van der Waals surface area (Å²) in [5.74, 6) is 6.05. The number of aliphatic hydroxyl groups excluding tert-OH is 1. The number of hydrogen-bond acceptors (Lipinski definition) is 8. The van der Waals surface area contributed by atoms with Gasteiger partial charge in [-0.1, -0.05) is 23.4 Å². The number of aliphatic hydroxyl groups is 1. The monoisotopic (exact) mass is 512 g/mol. The highest BCUT2D eigenvalue weighted by Crippen LogP contribution is 2.26. The van der Waals surface area contributed by atoms with Gasteiger partial charge >= 0.3 is 5.97 Å². The molecule has 0 spiro atoms. The summed E-state index contributed by atoms with van der Waals surface area (Å²) >= 11 is 7.69. The van der Waals surface area contributed by atoms with Crippen LogP contribution in [0, 0.1) is 11.8 Å². The molecule has 1 fully saturated rings. The van der Waals surface area contributed by atoms with Crippen molar-refractivity contribution in [1.29, 1.82) is 0 Å². The van der Waals surface area contributed by atoms with E-state index in [0.717, 1.165) is 37.3 Å². The third-order valence-corrected chi connectivity index (χ3v) is 7.17. The van der Waals surface area contributed by atoms with Gasteiger partial charge in [0, 0.05) is 38.7 Å². The summed E-state index contributed by atoms with van der Waals surface area (Å²) in [6.07, 6.45) is 3.36. The highest BCUT2D eigenvalue weighted by Gasteiger charge is 2.27. The molecule has 1 aromatic carbocycles. The standard InChI is InChI=1S/C25H25ClN4O4S/c1-16(32)34-9-3-4-18-11-22-21(12-20(18)26)27-13-24(28-22)30-7-5-19(6-8-30)29(2)25(33)23-10-17(14-31)15-35-23/h10-13,15,19,31H,5-9,14H2,1-2H3. The number of rotatable bonds is 5. The molecule has 1 N–H and O–H groups in total. The fourth-order valence-electron chi connectivity index (χ4n) is 3.93. The Balaban J connectivity index is 1.43. The molecule has 35 heavy (non-hydrogen) atoms. The number of carbonyl (C=O) groups is 2. The van der Waals surface area contributed by atoms with Gasteiger partial charge in [-0.25, -0.2) is 4.98 Å². The van der Waals surface area contributed by atoms with Crippen molar-refractivity contribution in [3.8, 4) is 11.8 Å². The van der Waals surface area contributed by atoms with Gasteiger partial charge in [-0.2, -0.15) is 0 Å². The van der Waals surface area contributed by atoms with Gasteiger partial charge in [0.2, 0.25) is 0 Å². The van der Waals surface area contributed by atoms with E-state index < -0.39 is 0 Å². The molecule has 182 valence electrons. The number of benzene rings is 1. The maximum atomic E-state index is 12.8. The molecule has 4 rings (SSSR count). The Labute approximate surface area is 212 Å². The largest absolute Gasteiger partial charge is 0.453 e. The van der Waals surface area contributed by atoms with Gasteiger partial charge in [0.1, 0.15) is 5.82 Å². The Hall–Kier alpha value is -3.19. The second kappa shape index (κ2) is 11.0. The van der Waals surface area contributed by atoms with E-state index in [1.807, 2.05) is 12.4 Å². The quantitative estimate of drug-likeness (QED) is 0.413. The number of amides is 1. The number of nitrogens with zero attached hydrogens (tertiary/aromatic N) is 4. The molecule has 1 aliphatic heterocycles. The highest BCUT2D eigenvalue weighted by atomic mass is 35.5. The number of esters is 1. The summed E-state index contributed by atoms with van der Waals surface area (Å²) in [5, 5.41) is 11.5. The third-order valence-electron chi connectivity index (χ3n) is 5.89. The summed E-state index contributed by atoms with van der Waals surface area (Å²) < 4.78 is 4.84. The van der Waals surface area contributed by atoms with Gasteiger partial charge in [-0.05, 0) is 42.0 Å². The third kappa shape index (κ3) is 5.90. The van der Waals surface area contributed by atoms with Gasteiger partial charge in [-0.3, -0.25) is 14.6 Å². The SMILES string of the molecule is CC(=O)OCC#Cc1cc2nc(N3CCC(N(C)C(=O)c4cc(CO)cs4)CC3)cnc2cc1Cl. The molecule has 2 aromatic heterocycles. The molecular formula is C25H25ClN4O4S. The summed E-state index contributed by atoms with van der Waals surface area (Å²) in [6, 6.07) is 5.40. The number of thiophene rings is 1. The van der Waals surface area contributed by atoms with Crippen LogP contribution in [0.1, 0.15) is 40.6 Å². The number of anilines is 1. The van der Waals surface area contributed by atoms with E-state index in [0.29, 0.717) is 26.5 Å². The minimum absolute atomic E-state index is 0.00358. The first kappa shape index (κ1) is 24.9. The van der Waals surface area contributed by atoms with Crippen LogP contribution in [0.2, 0.25) is 5.02 Å². The molecule has 3 aromatic rings. The zero-order chi connectivity index (χ0) is 24.9. The first-order chi connectivity index (χ1) is 16.9. The van der Waals surface area contributed by atoms with Crippen molar-refractivity contribution in [2.24, 2.45) is 0 Å². The molecule has 0 bridgehead atoms. The van der Waals surface area contributed by atoms with Crippen LogP contribution in [-0.4, -0.2) is 64.6 Å². The number of hydrogen-bond donors (Lipinski definition) is 1. The van der Waals surface area contributed by atoms with Crippen LogP contribution in [0.4, 0.5) is 5.82 Å². The molecule has 1 saturated heterocycles. The topological polar surface area (TPSA) is 95.9 Å². The predicted molar refractivity (Wildman–Crippen MR) is 136 cm³/mol. The van der Waals surface area contributed by atoms with Gasteiger partial charge in [0.05, 0.1) is 33.7 Å². The first-order valence-corrected chi connectivity index (χ1v) is 12.4. The second-order valence-corrected chi connectivity index (χ2v) is 9.56. The second-order valence-electron chi connectivity index (χ2n) is 8.24. The van der Waals surface area contributed by atoms with Crippen molar-refractivity contribution in [3.05, 3.63) is 50.8 Å². The van der Waals surface area contributed by atoms with Gasteiger partial charge in [0.25, 0.3) is 5.91 Å². The summed E-state index contributed by atoms with van der Waals surface area (Å²) in [4.78, 5) is 37.6. The van der Waals surface area contributed by atoms with Crippen LogP contribution in [-0.2, 0) is 16.1 Å². The van der Waals surface area contributed by atoms with Crippen LogP contribution in [0.25, 0.3) is 11.0 Å². The van der Waals surface area contributed by atoms with Crippen molar-refractivity contribution in [2.45, 2.75) is 32.4 Å². The molecule has 0 unspecified atom stereocenters. The molecule has 0 aliphatic carbocycles. The maximum Gasteiger partial charge on any atom is 0.303 e. The average Bonchev–Trinajstić information content (AvgIpc) is 3.35. The van der Waals surface area contributed by atoms with E-state index in [9.17, 15) is 14.7 Å². The van der Waals surface area contributed by atoms with E-state index in [1.54, 1.807) is 29.3 Å². The first-order valence-electron chi connectivity index (χ1n) is 11.1. The van der Waals surface area contributed by atoms with Gasteiger partial charge in [0.15, 0.2) is 6.61 Å². The number of piperidine rings is 1. The van der Waals surface area contributed by atoms with Crippen molar-refractivity contribution < 1.29 is 19.4 Å². The van der Waals surface area contributed by atoms with Crippen molar-refractivity contribution >= 4 is 51.7 Å². The van der Waals surface area contributed by atoms with E-state index in [-0.39, 0.29) is 31.1 Å². The maximum absolute atomic E-state index is 12.8. The molecule has 10 heteroatoms. The Morgan fingerprint density at radius 3 is 2.74 bits per heavy atom. The Kier molecular flexibility index (Phi) is 7.86. The van der Waals surface area contributed by atoms with Crippen LogP contribution < -0.4 is 4.90 Å². The lowest BCUT2D eigenvalue weighted by molar-refractivity contribution is -0.139. The van der Waals surface area contributed by atoms with Gasteiger partial charge in [-0.15, -0.1) is 11.3 Å². The molecule has 0 saturated carbocycles. The minimum Gasteiger partial charge on any atom is -0.453 e. The van der Waals surface area contributed by atoms with E-state index in [2.05, 4.69) is 21.7 Å². The Bertz CT molecular complexity index is 1310. The lowest BCUT2D eigenvalue weighted by Crippen LogP contribution is -2.45. The molecule has 1 amide bonds. The molecule has 3 heterocycles. The van der Waals surface area contributed by atoms with Crippen LogP contribution in [0.15, 0.2) is 29.8 Å². The lowest BCUT2D eigenvalue weighted by atomic mass is 10.0. The van der Waals surface area contributed by atoms with Crippen molar-refractivity contribution in [1.82, 2.24) is 14.9 Å². The summed E-state index contributed by atoms with van der Waals surface area (Å²) in [5.41, 5.74) is 2.70. The van der Waals surface area contributed by atoms with Crippen molar-refractivity contribution in [3.63, 3.8) is 0 Å². The fourth-order valence-corrected chi connectivity index (χ4v) is 5.02. The number of fused-ring (bicyclic) bond motifs is 1. The van der Waals surface area contributed by atoms with Crippen LogP contribution >= 0.6 is 22.9 Å². The van der Waals surface area contributed by atoms with Crippen LogP contribution in [0.5, 0.6) is 0 Å². The molecule has 1 aliphatic rings. The summed E-state index contributed by atoms with van der Waals surface area (Å²) in [6.45, 7) is 2.76. The van der Waals surface area contributed by atoms with Crippen molar-refractivity contribution in [2.75, 3.05) is 31.6 Å². The zero-order valence-electron chi connectivity index (χ0n) is 19.5. The van der Waals surface area contributed by atoms with E-state index in [4.69, 9.17) is 21.3 Å². The Morgan fingerprint density at radius 1 is 1.29 bits per heavy atom. The Morgan fingerprint density at radius 2 is 2.06 bits per heavy atom. The lowest BCUT2D eigenvalue weighted by Gasteiger charge is -2.37. The van der Waals surface area contributed by atoms with Crippen LogP contribution in [0.3, 0.4) is 0 Å². The van der Waals surface area contributed by atoms with E-state index in [1.165, 1.54) is 18.3 Å². The predicted octanol–water partition coefficient (Wildman–Crippen LogP) is 3.49. The molecule has 8 nitrogen and oxygen atoms in total. The number of aromatic nitrogens is 2. The fraction of sp³-hybridized carbons (Fsp3) is 0.360. The number of halogens is 1. The average molecular weight is 513 g/mol. The highest BCUT2D eigenvalue weighted by molar-refractivity contribution is 7.12. The normalized spacial score (nSPS) is 13.9. The number of carbonyl (C=O) groups excluding carboxylic acids is 2. The molecule has 0 atom stereocenters. The minimum atomic E-state index is -0.388. The zero-order valence-corrected chi connectivity index (χ0v) is 21.0. The smallest absolute Gasteiger partial charge is 0.303 e. The number of ether oxygens (including phenoxy) is 1.